The monoisotopic (exact) mass is 233 g/mol. The van der Waals surface area contributed by atoms with Crippen LogP contribution in [0.4, 0.5) is 5.82 Å². The molecule has 17 heavy (non-hydrogen) atoms. The zero-order valence-corrected chi connectivity index (χ0v) is 10.2. The molecule has 2 aromatic heterocycles. The molecule has 0 fully saturated rings. The van der Waals surface area contributed by atoms with Gasteiger partial charge in [-0.05, 0) is 25.5 Å². The fourth-order valence-electron chi connectivity index (χ4n) is 1.91. The summed E-state index contributed by atoms with van der Waals surface area (Å²) in [6.45, 7) is 1.78. The van der Waals surface area contributed by atoms with E-state index in [9.17, 15) is 0 Å². The molecule has 2 N–H and O–H groups in total. The summed E-state index contributed by atoms with van der Waals surface area (Å²) >= 11 is 0. The molecule has 5 nitrogen and oxygen atoms in total. The van der Waals surface area contributed by atoms with E-state index in [2.05, 4.69) is 22.0 Å². The van der Waals surface area contributed by atoms with Crippen LogP contribution in [0.25, 0.3) is 5.52 Å². The van der Waals surface area contributed by atoms with Crippen molar-refractivity contribution >= 4 is 11.3 Å². The van der Waals surface area contributed by atoms with Gasteiger partial charge in [0.05, 0.1) is 6.20 Å². The highest BCUT2D eigenvalue weighted by atomic mass is 15.3. The molecule has 0 aliphatic rings. The van der Waals surface area contributed by atoms with E-state index >= 15 is 0 Å². The molecule has 92 valence electrons. The third-order valence-electron chi connectivity index (χ3n) is 2.86. The molecule has 0 amide bonds. The predicted molar refractivity (Wildman–Crippen MR) is 69.2 cm³/mol. The third-order valence-corrected chi connectivity index (χ3v) is 2.86. The lowest BCUT2D eigenvalue weighted by molar-refractivity contribution is 0.676. The van der Waals surface area contributed by atoms with E-state index in [4.69, 9.17) is 5.73 Å². The van der Waals surface area contributed by atoms with Crippen molar-refractivity contribution in [1.29, 1.82) is 0 Å². The lowest BCUT2D eigenvalue weighted by Gasteiger charge is -2.18. The summed E-state index contributed by atoms with van der Waals surface area (Å²) in [5, 5.41) is 4.20. The van der Waals surface area contributed by atoms with Crippen LogP contribution < -0.4 is 10.6 Å². The topological polar surface area (TPSA) is 59.5 Å². The van der Waals surface area contributed by atoms with Crippen LogP contribution in [0.3, 0.4) is 0 Å². The average molecular weight is 233 g/mol. The molecule has 0 atom stereocenters. The van der Waals surface area contributed by atoms with Crippen molar-refractivity contribution in [3.63, 3.8) is 0 Å². The minimum absolute atomic E-state index is 0.778. The number of rotatable bonds is 6. The Morgan fingerprint density at radius 2 is 2.18 bits per heavy atom. The van der Waals surface area contributed by atoms with Crippen LogP contribution in [-0.4, -0.2) is 34.7 Å². The van der Waals surface area contributed by atoms with Gasteiger partial charge in [0, 0.05) is 26.0 Å². The molecule has 0 aliphatic heterocycles. The van der Waals surface area contributed by atoms with Crippen LogP contribution in [-0.2, 0) is 0 Å². The number of nitrogens with zero attached hydrogens (tertiary/aromatic N) is 4. The van der Waals surface area contributed by atoms with Crippen molar-refractivity contribution in [2.45, 2.75) is 19.3 Å². The number of nitrogens with two attached hydrogens (primary N) is 1. The first-order chi connectivity index (χ1) is 8.33. The maximum Gasteiger partial charge on any atom is 0.154 e. The summed E-state index contributed by atoms with van der Waals surface area (Å²) in [5.74, 6) is 0.984. The van der Waals surface area contributed by atoms with Gasteiger partial charge in [-0.2, -0.15) is 5.10 Å². The summed E-state index contributed by atoms with van der Waals surface area (Å²) in [6.07, 6.45) is 8.85. The zero-order chi connectivity index (χ0) is 12.1. The second kappa shape index (κ2) is 5.63. The second-order valence-corrected chi connectivity index (χ2v) is 4.18. The van der Waals surface area contributed by atoms with Crippen LogP contribution in [0.2, 0.25) is 0 Å². The van der Waals surface area contributed by atoms with E-state index in [1.165, 1.54) is 6.42 Å². The van der Waals surface area contributed by atoms with E-state index in [0.29, 0.717) is 0 Å². The summed E-state index contributed by atoms with van der Waals surface area (Å²) in [7, 11) is 2.07. The lowest BCUT2D eigenvalue weighted by atomic mass is 10.2. The largest absolute Gasteiger partial charge is 0.358 e. The Balaban J connectivity index is 2.03. The summed E-state index contributed by atoms with van der Waals surface area (Å²) in [5.41, 5.74) is 6.53. The summed E-state index contributed by atoms with van der Waals surface area (Å²) in [4.78, 5) is 6.59. The van der Waals surface area contributed by atoms with E-state index in [1.54, 1.807) is 12.4 Å². The molecular formula is C12H19N5. The molecule has 2 heterocycles. The molecular weight excluding hydrogens is 214 g/mol. The van der Waals surface area contributed by atoms with Crippen LogP contribution >= 0.6 is 0 Å². The van der Waals surface area contributed by atoms with Gasteiger partial charge in [-0.25, -0.2) is 9.50 Å². The molecule has 0 bridgehead atoms. The maximum absolute atomic E-state index is 5.48. The van der Waals surface area contributed by atoms with E-state index in [1.807, 2.05) is 16.8 Å². The predicted octanol–water partition coefficient (Wildman–Crippen LogP) is 1.29. The molecule has 2 rings (SSSR count). The molecule has 0 aliphatic carbocycles. The van der Waals surface area contributed by atoms with Crippen LogP contribution in [0.5, 0.6) is 0 Å². The van der Waals surface area contributed by atoms with Crippen molar-refractivity contribution in [3.05, 3.63) is 24.7 Å². The molecule has 0 spiro atoms. The first kappa shape index (κ1) is 11.9. The van der Waals surface area contributed by atoms with Gasteiger partial charge in [-0.1, -0.05) is 6.42 Å². The zero-order valence-electron chi connectivity index (χ0n) is 10.2. The van der Waals surface area contributed by atoms with Crippen molar-refractivity contribution in [2.75, 3.05) is 25.0 Å². The van der Waals surface area contributed by atoms with Crippen molar-refractivity contribution in [3.8, 4) is 0 Å². The van der Waals surface area contributed by atoms with Crippen LogP contribution in [0, 0.1) is 0 Å². The molecule has 0 aromatic carbocycles. The first-order valence-electron chi connectivity index (χ1n) is 6.02. The minimum Gasteiger partial charge on any atom is -0.358 e. The Morgan fingerprint density at radius 1 is 1.29 bits per heavy atom. The van der Waals surface area contributed by atoms with Gasteiger partial charge < -0.3 is 10.6 Å². The fourth-order valence-corrected chi connectivity index (χ4v) is 1.91. The Hall–Kier alpha value is -1.62. The van der Waals surface area contributed by atoms with Crippen LogP contribution in [0.1, 0.15) is 19.3 Å². The van der Waals surface area contributed by atoms with E-state index < -0.39 is 0 Å². The highest BCUT2D eigenvalue weighted by Crippen LogP contribution is 2.16. The Kier molecular flexibility index (Phi) is 3.93. The van der Waals surface area contributed by atoms with Gasteiger partial charge in [-0.3, -0.25) is 0 Å². The summed E-state index contributed by atoms with van der Waals surface area (Å²) < 4.78 is 1.85. The quantitative estimate of drug-likeness (QED) is 0.764. The lowest BCUT2D eigenvalue weighted by Crippen LogP contribution is -2.20. The molecule has 0 saturated heterocycles. The second-order valence-electron chi connectivity index (χ2n) is 4.18. The normalized spacial score (nSPS) is 10.9. The van der Waals surface area contributed by atoms with Gasteiger partial charge in [0.15, 0.2) is 5.82 Å². The fraction of sp³-hybridized carbons (Fsp3) is 0.500. The van der Waals surface area contributed by atoms with Gasteiger partial charge in [0.25, 0.3) is 0 Å². The number of hydrogen-bond acceptors (Lipinski definition) is 4. The molecule has 2 aromatic rings. The van der Waals surface area contributed by atoms with Crippen molar-refractivity contribution in [1.82, 2.24) is 14.6 Å². The van der Waals surface area contributed by atoms with E-state index in [-0.39, 0.29) is 0 Å². The molecule has 5 heteroatoms. The first-order valence-corrected chi connectivity index (χ1v) is 6.02. The third kappa shape index (κ3) is 2.74. The molecule has 0 radical (unpaired) electrons. The number of aromatic nitrogens is 3. The maximum atomic E-state index is 5.48. The number of unbranched alkanes of at least 4 members (excludes halogenated alkanes) is 2. The van der Waals surface area contributed by atoms with Gasteiger partial charge in [-0.15, -0.1) is 0 Å². The van der Waals surface area contributed by atoms with E-state index in [0.717, 1.165) is 37.3 Å². The Bertz CT molecular complexity index is 465. The average Bonchev–Trinajstić information content (AvgIpc) is 2.82. The molecule has 0 unspecified atom stereocenters. The Morgan fingerprint density at radius 3 is 3.00 bits per heavy atom. The highest BCUT2D eigenvalue weighted by Gasteiger charge is 2.07. The number of fused-ring (bicyclic) bond motifs is 1. The molecule has 0 saturated carbocycles. The number of hydrogen-bond donors (Lipinski definition) is 1. The van der Waals surface area contributed by atoms with Crippen LogP contribution in [0.15, 0.2) is 24.7 Å². The SMILES string of the molecule is CN(CCCCCN)c1nccn2nccc12. The van der Waals surface area contributed by atoms with Gasteiger partial charge >= 0.3 is 0 Å². The smallest absolute Gasteiger partial charge is 0.154 e. The van der Waals surface area contributed by atoms with Gasteiger partial charge in [0.1, 0.15) is 5.52 Å². The summed E-state index contributed by atoms with van der Waals surface area (Å²) in [6, 6.07) is 1.98. The highest BCUT2D eigenvalue weighted by molar-refractivity contribution is 5.67. The van der Waals surface area contributed by atoms with Crippen molar-refractivity contribution in [2.24, 2.45) is 5.73 Å². The number of anilines is 1. The Labute approximate surface area is 101 Å². The van der Waals surface area contributed by atoms with Crippen molar-refractivity contribution < 1.29 is 0 Å². The standard InChI is InChI=1S/C12H19N5/c1-16(9-4-2-3-6-13)12-11-5-7-15-17(11)10-8-14-12/h5,7-8,10H,2-4,6,9,13H2,1H3. The van der Waals surface area contributed by atoms with Gasteiger partial charge in [0.2, 0.25) is 0 Å². The minimum atomic E-state index is 0.778.